The van der Waals surface area contributed by atoms with Crippen LogP contribution in [0.15, 0.2) is 47.9 Å². The van der Waals surface area contributed by atoms with Crippen LogP contribution in [0.25, 0.3) is 0 Å². The van der Waals surface area contributed by atoms with E-state index in [4.69, 9.17) is 11.6 Å². The first kappa shape index (κ1) is 19.9. The number of carbonyl (C=O) groups is 1. The third-order valence-electron chi connectivity index (χ3n) is 4.66. The lowest BCUT2D eigenvalue weighted by Crippen LogP contribution is -2.45. The number of amides is 1. The summed E-state index contributed by atoms with van der Waals surface area (Å²) in [7, 11) is -3.62. The van der Waals surface area contributed by atoms with Crippen molar-refractivity contribution in [3.63, 3.8) is 0 Å². The minimum absolute atomic E-state index is 0.0864. The van der Waals surface area contributed by atoms with Gasteiger partial charge >= 0.3 is 0 Å². The number of rotatable bonds is 7. The normalized spacial score (nSPS) is 18.3. The highest BCUT2D eigenvalue weighted by atomic mass is 35.5. The minimum atomic E-state index is -3.62. The number of halogens is 1. The lowest BCUT2D eigenvalue weighted by Gasteiger charge is -2.31. The molecule has 0 spiro atoms. The summed E-state index contributed by atoms with van der Waals surface area (Å²) in [6.45, 7) is 1.97. The highest BCUT2D eigenvalue weighted by Crippen LogP contribution is 2.24. The van der Waals surface area contributed by atoms with Gasteiger partial charge in [-0.05, 0) is 43.5 Å². The van der Waals surface area contributed by atoms with E-state index < -0.39 is 10.0 Å². The smallest absolute Gasteiger partial charge is 0.243 e. The van der Waals surface area contributed by atoms with Gasteiger partial charge in [0.15, 0.2) is 0 Å². The number of hydrogen-bond acceptors (Lipinski definition) is 4. The molecule has 1 amide bonds. The summed E-state index contributed by atoms with van der Waals surface area (Å²) in [5.74, 6) is -0.411. The summed E-state index contributed by atoms with van der Waals surface area (Å²) in [5, 5.41) is 3.41. The first-order chi connectivity index (χ1) is 13.0. The maximum Gasteiger partial charge on any atom is 0.243 e. The van der Waals surface area contributed by atoms with Gasteiger partial charge in [0.05, 0.1) is 17.1 Å². The van der Waals surface area contributed by atoms with Crippen molar-refractivity contribution in [3.8, 4) is 0 Å². The predicted octanol–water partition coefficient (Wildman–Crippen LogP) is 2.14. The third kappa shape index (κ3) is 5.09. The molecule has 1 fully saturated rings. The van der Waals surface area contributed by atoms with Crippen molar-refractivity contribution in [2.24, 2.45) is 5.92 Å². The van der Waals surface area contributed by atoms with Crippen LogP contribution >= 0.6 is 11.6 Å². The molecule has 1 atom stereocenters. The number of nitrogens with one attached hydrogen (secondary N) is 1. The van der Waals surface area contributed by atoms with Gasteiger partial charge in [0, 0.05) is 43.6 Å². The molecule has 2 heterocycles. The largest absolute Gasteiger partial charge is 0.356 e. The SMILES string of the molecule is O=C(NCCCn1ccnc1)C1CCCN(S(=O)(=O)c2ccc(Cl)cc2)C1. The standard InChI is InChI=1S/C18H23ClN4O3S/c19-16-4-6-17(7-5-16)27(25,26)23-11-1-3-15(13-23)18(24)21-8-2-10-22-12-9-20-14-22/h4-7,9,12,14-15H,1-3,8,10-11,13H2,(H,21,24). The van der Waals surface area contributed by atoms with Crippen LogP contribution in [0.3, 0.4) is 0 Å². The fourth-order valence-electron chi connectivity index (χ4n) is 3.17. The van der Waals surface area contributed by atoms with Crippen molar-refractivity contribution in [1.82, 2.24) is 19.2 Å². The van der Waals surface area contributed by atoms with Crippen LogP contribution in [-0.4, -0.2) is 47.8 Å². The Morgan fingerprint density at radius 2 is 2.07 bits per heavy atom. The third-order valence-corrected chi connectivity index (χ3v) is 6.79. The van der Waals surface area contributed by atoms with Crippen LogP contribution in [0.2, 0.25) is 5.02 Å². The van der Waals surface area contributed by atoms with Crippen molar-refractivity contribution in [2.75, 3.05) is 19.6 Å². The monoisotopic (exact) mass is 410 g/mol. The van der Waals surface area contributed by atoms with E-state index in [2.05, 4.69) is 10.3 Å². The maximum atomic E-state index is 12.8. The van der Waals surface area contributed by atoms with Crippen molar-refractivity contribution in [2.45, 2.75) is 30.7 Å². The summed E-state index contributed by atoms with van der Waals surface area (Å²) < 4.78 is 29.0. The Morgan fingerprint density at radius 1 is 1.30 bits per heavy atom. The highest BCUT2D eigenvalue weighted by molar-refractivity contribution is 7.89. The molecule has 0 bridgehead atoms. The topological polar surface area (TPSA) is 84.3 Å². The van der Waals surface area contributed by atoms with Crippen LogP contribution in [0.1, 0.15) is 19.3 Å². The number of aryl methyl sites for hydroxylation is 1. The lowest BCUT2D eigenvalue weighted by atomic mass is 9.99. The molecular formula is C18H23ClN4O3S. The fraction of sp³-hybridized carbons (Fsp3) is 0.444. The van der Waals surface area contributed by atoms with Gasteiger partial charge in [-0.1, -0.05) is 11.6 Å². The predicted molar refractivity (Wildman–Crippen MR) is 103 cm³/mol. The molecule has 0 aliphatic carbocycles. The Labute approximate surface area is 164 Å². The molecule has 1 aliphatic heterocycles. The van der Waals surface area contributed by atoms with E-state index in [0.717, 1.165) is 13.0 Å². The average molecular weight is 411 g/mol. The number of imidazole rings is 1. The zero-order chi connectivity index (χ0) is 19.3. The molecule has 1 N–H and O–H groups in total. The molecule has 0 saturated carbocycles. The first-order valence-electron chi connectivity index (χ1n) is 8.96. The number of sulfonamides is 1. The molecule has 9 heteroatoms. The molecule has 2 aromatic rings. The van der Waals surface area contributed by atoms with Crippen LogP contribution in [-0.2, 0) is 21.4 Å². The second-order valence-electron chi connectivity index (χ2n) is 6.60. The Kier molecular flexibility index (Phi) is 6.51. The van der Waals surface area contributed by atoms with Gasteiger partial charge in [0.25, 0.3) is 0 Å². The molecular weight excluding hydrogens is 388 g/mol. The molecule has 27 heavy (non-hydrogen) atoms. The zero-order valence-electron chi connectivity index (χ0n) is 14.9. The number of aromatic nitrogens is 2. The van der Waals surface area contributed by atoms with Crippen LogP contribution < -0.4 is 5.32 Å². The van der Waals surface area contributed by atoms with E-state index in [-0.39, 0.29) is 23.3 Å². The summed E-state index contributed by atoms with van der Waals surface area (Å²) >= 11 is 5.84. The van der Waals surface area contributed by atoms with Crippen LogP contribution in [0.5, 0.6) is 0 Å². The maximum absolute atomic E-state index is 12.8. The molecule has 1 aromatic carbocycles. The van der Waals surface area contributed by atoms with Gasteiger partial charge < -0.3 is 9.88 Å². The second kappa shape index (κ2) is 8.86. The van der Waals surface area contributed by atoms with E-state index in [1.54, 1.807) is 24.7 Å². The molecule has 0 radical (unpaired) electrons. The van der Waals surface area contributed by atoms with E-state index >= 15 is 0 Å². The summed E-state index contributed by atoms with van der Waals surface area (Å²) in [5.41, 5.74) is 0. The molecule has 1 unspecified atom stereocenters. The Morgan fingerprint density at radius 3 is 2.78 bits per heavy atom. The molecule has 1 saturated heterocycles. The fourth-order valence-corrected chi connectivity index (χ4v) is 4.82. The Bertz CT molecular complexity index is 853. The van der Waals surface area contributed by atoms with Gasteiger partial charge in [-0.2, -0.15) is 4.31 Å². The number of carbonyl (C=O) groups excluding carboxylic acids is 1. The van der Waals surface area contributed by atoms with Gasteiger partial charge in [-0.3, -0.25) is 4.79 Å². The Balaban J connectivity index is 1.53. The lowest BCUT2D eigenvalue weighted by molar-refractivity contribution is -0.126. The Hall–Kier alpha value is -1.90. The number of benzene rings is 1. The van der Waals surface area contributed by atoms with Crippen molar-refractivity contribution >= 4 is 27.5 Å². The van der Waals surface area contributed by atoms with Gasteiger partial charge in [-0.25, -0.2) is 13.4 Å². The molecule has 3 rings (SSSR count). The van der Waals surface area contributed by atoms with Crippen molar-refractivity contribution in [1.29, 1.82) is 0 Å². The van der Waals surface area contributed by atoms with Gasteiger partial charge in [0.2, 0.25) is 15.9 Å². The first-order valence-corrected chi connectivity index (χ1v) is 10.8. The van der Waals surface area contributed by atoms with Crippen molar-refractivity contribution in [3.05, 3.63) is 48.0 Å². The van der Waals surface area contributed by atoms with E-state index in [9.17, 15) is 13.2 Å². The summed E-state index contributed by atoms with van der Waals surface area (Å²) in [6, 6.07) is 6.11. The van der Waals surface area contributed by atoms with E-state index in [1.165, 1.54) is 16.4 Å². The molecule has 7 nitrogen and oxygen atoms in total. The quantitative estimate of drug-likeness (QED) is 0.709. The minimum Gasteiger partial charge on any atom is -0.356 e. The number of nitrogens with zero attached hydrogens (tertiary/aromatic N) is 3. The average Bonchev–Trinajstić information content (AvgIpc) is 3.19. The van der Waals surface area contributed by atoms with Gasteiger partial charge in [-0.15, -0.1) is 0 Å². The number of hydrogen-bond donors (Lipinski definition) is 1. The summed E-state index contributed by atoms with van der Waals surface area (Å²) in [6.07, 6.45) is 7.49. The van der Waals surface area contributed by atoms with Gasteiger partial charge in [0.1, 0.15) is 0 Å². The zero-order valence-corrected chi connectivity index (χ0v) is 16.5. The highest BCUT2D eigenvalue weighted by Gasteiger charge is 2.33. The summed E-state index contributed by atoms with van der Waals surface area (Å²) in [4.78, 5) is 16.6. The van der Waals surface area contributed by atoms with Crippen molar-refractivity contribution < 1.29 is 13.2 Å². The molecule has 1 aromatic heterocycles. The molecule has 146 valence electrons. The second-order valence-corrected chi connectivity index (χ2v) is 8.98. The van der Waals surface area contributed by atoms with Crippen LogP contribution in [0, 0.1) is 5.92 Å². The molecule has 1 aliphatic rings. The van der Waals surface area contributed by atoms with E-state index in [1.807, 2.05) is 10.8 Å². The van der Waals surface area contributed by atoms with E-state index in [0.29, 0.717) is 31.0 Å². The van der Waals surface area contributed by atoms with Crippen LogP contribution in [0.4, 0.5) is 0 Å². The number of piperidine rings is 1.